The second kappa shape index (κ2) is 7.76. The number of amides is 1. The number of nitrogen functional groups attached to an aromatic ring is 1. The number of hydrogen-bond donors (Lipinski definition) is 2. The van der Waals surface area contributed by atoms with Crippen molar-refractivity contribution in [3.8, 4) is 16.9 Å². The van der Waals surface area contributed by atoms with E-state index in [4.69, 9.17) is 17.0 Å². The summed E-state index contributed by atoms with van der Waals surface area (Å²) in [7, 11) is 1.36. The number of anilines is 2. The second-order valence-corrected chi connectivity index (χ2v) is 6.06. The third-order valence-corrected chi connectivity index (χ3v) is 4.17. The predicted octanol–water partition coefficient (Wildman–Crippen LogP) is 4.59. The number of benzene rings is 2. The summed E-state index contributed by atoms with van der Waals surface area (Å²) in [6.07, 6.45) is 1.63. The Balaban J connectivity index is 2.00. The molecule has 0 aliphatic carbocycles. The fourth-order valence-electron chi connectivity index (χ4n) is 2.70. The first-order chi connectivity index (χ1) is 13.4. The number of aromatic nitrogens is 1. The Kier molecular flexibility index (Phi) is 5.23. The minimum Gasteiger partial charge on any atom is -0.494 e. The summed E-state index contributed by atoms with van der Waals surface area (Å²) in [5.41, 5.74) is 9.13. The molecule has 1 aromatic heterocycles. The lowest BCUT2D eigenvalue weighted by atomic mass is 9.99. The summed E-state index contributed by atoms with van der Waals surface area (Å²) in [6.45, 7) is 9.17. The largest absolute Gasteiger partial charge is 0.494 e. The molecule has 3 N–H and O–H groups in total. The number of halogens is 1. The van der Waals surface area contributed by atoms with Crippen LogP contribution in [-0.2, 0) is 0 Å². The fourth-order valence-corrected chi connectivity index (χ4v) is 2.70. The Bertz CT molecular complexity index is 1090. The van der Waals surface area contributed by atoms with Crippen LogP contribution in [0.3, 0.4) is 0 Å². The first-order valence-electron chi connectivity index (χ1n) is 8.32. The van der Waals surface area contributed by atoms with Gasteiger partial charge in [-0.05, 0) is 42.8 Å². The van der Waals surface area contributed by atoms with E-state index in [1.165, 1.54) is 25.3 Å². The molecule has 7 heteroatoms. The molecular formula is C21H17FN4O2. The van der Waals surface area contributed by atoms with Gasteiger partial charge in [-0.25, -0.2) is 9.24 Å². The molecule has 2 aromatic carbocycles. The van der Waals surface area contributed by atoms with Crippen LogP contribution in [-0.4, -0.2) is 18.0 Å². The highest BCUT2D eigenvalue weighted by atomic mass is 19.1. The number of nitrogens with zero attached hydrogens (tertiary/aromatic N) is 2. The van der Waals surface area contributed by atoms with E-state index in [0.29, 0.717) is 11.1 Å². The van der Waals surface area contributed by atoms with Crippen molar-refractivity contribution in [3.05, 3.63) is 77.2 Å². The molecule has 0 atom stereocenters. The van der Waals surface area contributed by atoms with Crippen LogP contribution in [0.5, 0.6) is 5.75 Å². The Hall–Kier alpha value is -3.92. The number of nitrogens with two attached hydrogens (primary N) is 1. The normalized spacial score (nSPS) is 10.2. The van der Waals surface area contributed by atoms with Gasteiger partial charge in [0.25, 0.3) is 5.91 Å². The molecule has 0 radical (unpaired) electrons. The Morgan fingerprint density at radius 2 is 2.04 bits per heavy atom. The number of pyridine rings is 1. The Morgan fingerprint density at radius 3 is 2.64 bits per heavy atom. The minimum absolute atomic E-state index is 0.0710. The molecule has 0 aliphatic rings. The van der Waals surface area contributed by atoms with Crippen molar-refractivity contribution < 1.29 is 13.9 Å². The zero-order valence-corrected chi connectivity index (χ0v) is 15.3. The van der Waals surface area contributed by atoms with Crippen LogP contribution >= 0.6 is 0 Å². The number of ether oxygens (including phenoxy) is 1. The molecule has 0 bridgehead atoms. The van der Waals surface area contributed by atoms with Gasteiger partial charge >= 0.3 is 0 Å². The summed E-state index contributed by atoms with van der Waals surface area (Å²) < 4.78 is 18.7. The van der Waals surface area contributed by atoms with E-state index in [9.17, 15) is 9.18 Å². The number of carbonyl (C=O) groups excluding carboxylic acids is 1. The van der Waals surface area contributed by atoms with Gasteiger partial charge in [-0.1, -0.05) is 6.07 Å². The highest BCUT2D eigenvalue weighted by Crippen LogP contribution is 2.34. The molecule has 140 valence electrons. The Labute approximate surface area is 161 Å². The molecule has 3 aromatic rings. The van der Waals surface area contributed by atoms with Gasteiger partial charge in [0.05, 0.1) is 19.2 Å². The summed E-state index contributed by atoms with van der Waals surface area (Å²) in [5, 5.41) is 2.60. The SMILES string of the molecule is [C-]#[N+]c1cc(C(=O)Nc2ccc(OC)c(F)c2)c(N)c(-c2ccc(C)nc2)c1. The quantitative estimate of drug-likeness (QED) is 0.515. The third kappa shape index (κ3) is 3.76. The van der Waals surface area contributed by atoms with E-state index in [2.05, 4.69) is 15.1 Å². The monoisotopic (exact) mass is 376 g/mol. The molecule has 0 spiro atoms. The van der Waals surface area contributed by atoms with Gasteiger partial charge in [0, 0.05) is 34.9 Å². The van der Waals surface area contributed by atoms with E-state index in [0.717, 1.165) is 11.8 Å². The zero-order valence-electron chi connectivity index (χ0n) is 15.3. The highest BCUT2D eigenvalue weighted by molar-refractivity contribution is 6.10. The molecule has 0 saturated heterocycles. The van der Waals surface area contributed by atoms with Crippen molar-refractivity contribution in [1.29, 1.82) is 0 Å². The maximum absolute atomic E-state index is 13.9. The number of methoxy groups -OCH3 is 1. The fraction of sp³-hybridized carbons (Fsp3) is 0.0952. The molecule has 0 aliphatic heterocycles. The van der Waals surface area contributed by atoms with Crippen molar-refractivity contribution in [2.75, 3.05) is 18.2 Å². The minimum atomic E-state index is -0.602. The number of rotatable bonds is 4. The summed E-state index contributed by atoms with van der Waals surface area (Å²) in [6, 6.07) is 10.7. The average molecular weight is 376 g/mol. The van der Waals surface area contributed by atoms with Crippen LogP contribution < -0.4 is 15.8 Å². The average Bonchev–Trinajstić information content (AvgIpc) is 2.69. The van der Waals surface area contributed by atoms with Gasteiger partial charge in [0.1, 0.15) is 0 Å². The molecule has 0 unspecified atom stereocenters. The summed E-state index contributed by atoms with van der Waals surface area (Å²) in [4.78, 5) is 20.4. The standard InChI is InChI=1S/C21H17FN4O2/c1-12-4-5-13(11-25-12)16-8-15(24-2)9-17(20(16)23)21(27)26-14-6-7-19(28-3)18(22)10-14/h4-11H,23H2,1,3H3,(H,26,27). The maximum atomic E-state index is 13.9. The molecule has 0 fully saturated rings. The first-order valence-corrected chi connectivity index (χ1v) is 8.32. The zero-order chi connectivity index (χ0) is 20.3. The van der Waals surface area contributed by atoms with Crippen LogP contribution in [0.15, 0.2) is 48.7 Å². The van der Waals surface area contributed by atoms with Gasteiger partial charge in [-0.3, -0.25) is 9.78 Å². The lowest BCUT2D eigenvalue weighted by Gasteiger charge is -2.13. The Morgan fingerprint density at radius 1 is 1.25 bits per heavy atom. The van der Waals surface area contributed by atoms with Gasteiger partial charge in [0.15, 0.2) is 17.3 Å². The molecule has 3 rings (SSSR count). The lowest BCUT2D eigenvalue weighted by molar-refractivity contribution is 0.102. The van der Waals surface area contributed by atoms with Crippen molar-refractivity contribution in [1.82, 2.24) is 4.98 Å². The predicted molar refractivity (Wildman–Crippen MR) is 106 cm³/mol. The molecule has 6 nitrogen and oxygen atoms in total. The van der Waals surface area contributed by atoms with E-state index in [1.807, 2.05) is 19.1 Å². The number of carbonyl (C=O) groups is 1. The van der Waals surface area contributed by atoms with Crippen LogP contribution in [0.2, 0.25) is 0 Å². The number of nitrogens with one attached hydrogen (secondary N) is 1. The van der Waals surface area contributed by atoms with E-state index >= 15 is 0 Å². The van der Waals surface area contributed by atoms with Crippen LogP contribution in [0, 0.1) is 19.3 Å². The first kappa shape index (κ1) is 18.9. The molecule has 0 saturated carbocycles. The van der Waals surface area contributed by atoms with Crippen molar-refractivity contribution in [2.45, 2.75) is 6.92 Å². The smallest absolute Gasteiger partial charge is 0.256 e. The number of hydrogen-bond acceptors (Lipinski definition) is 4. The van der Waals surface area contributed by atoms with Crippen LogP contribution in [0.25, 0.3) is 16.0 Å². The topological polar surface area (TPSA) is 81.6 Å². The highest BCUT2D eigenvalue weighted by Gasteiger charge is 2.17. The molecule has 28 heavy (non-hydrogen) atoms. The number of aryl methyl sites for hydroxylation is 1. The van der Waals surface area contributed by atoms with Gasteiger partial charge in [0.2, 0.25) is 0 Å². The van der Waals surface area contributed by atoms with E-state index in [-0.39, 0.29) is 28.4 Å². The van der Waals surface area contributed by atoms with Gasteiger partial charge < -0.3 is 15.8 Å². The van der Waals surface area contributed by atoms with E-state index < -0.39 is 11.7 Å². The van der Waals surface area contributed by atoms with Crippen molar-refractivity contribution >= 4 is 23.0 Å². The lowest BCUT2D eigenvalue weighted by Crippen LogP contribution is -2.14. The second-order valence-electron chi connectivity index (χ2n) is 6.06. The molecular weight excluding hydrogens is 359 g/mol. The van der Waals surface area contributed by atoms with E-state index in [1.54, 1.807) is 12.3 Å². The summed E-state index contributed by atoms with van der Waals surface area (Å²) in [5.74, 6) is -1.08. The van der Waals surface area contributed by atoms with Gasteiger partial charge in [-0.15, -0.1) is 0 Å². The van der Waals surface area contributed by atoms with Crippen molar-refractivity contribution in [3.63, 3.8) is 0 Å². The third-order valence-electron chi connectivity index (χ3n) is 4.17. The summed E-state index contributed by atoms with van der Waals surface area (Å²) >= 11 is 0. The van der Waals surface area contributed by atoms with Crippen molar-refractivity contribution in [2.24, 2.45) is 0 Å². The molecule has 1 amide bonds. The maximum Gasteiger partial charge on any atom is 0.256 e. The van der Waals surface area contributed by atoms with Crippen LogP contribution in [0.1, 0.15) is 16.1 Å². The molecule has 1 heterocycles. The van der Waals surface area contributed by atoms with Gasteiger partial charge in [-0.2, -0.15) is 0 Å². The van der Waals surface area contributed by atoms with Crippen LogP contribution in [0.4, 0.5) is 21.5 Å².